The molecule has 0 aliphatic carbocycles. The number of nitrogens with one attached hydrogen (secondary N) is 1. The smallest absolute Gasteiger partial charge is 0.255 e. The lowest BCUT2D eigenvalue weighted by molar-refractivity contribution is 0.0981. The van der Waals surface area contributed by atoms with E-state index in [0.29, 0.717) is 39.7 Å². The second-order valence-electron chi connectivity index (χ2n) is 6.72. The van der Waals surface area contributed by atoms with E-state index in [-0.39, 0.29) is 17.8 Å². The molecule has 8 heteroatoms. The Morgan fingerprint density at radius 1 is 1.06 bits per heavy atom. The largest absolute Gasteiger partial charge is 0.497 e. The van der Waals surface area contributed by atoms with E-state index in [0.717, 1.165) is 0 Å². The maximum atomic E-state index is 14.3. The number of carbonyl (C=O) groups is 2. The van der Waals surface area contributed by atoms with Crippen LogP contribution in [0.3, 0.4) is 0 Å². The normalized spacial score (nSPS) is 10.5. The van der Waals surface area contributed by atoms with Crippen LogP contribution in [0, 0.1) is 12.9 Å². The molecule has 3 aromatic rings. The van der Waals surface area contributed by atoms with Gasteiger partial charge in [0, 0.05) is 29.3 Å². The number of halogens is 1. The summed E-state index contributed by atoms with van der Waals surface area (Å²) in [7, 11) is 3.00. The number of rotatable bonds is 7. The summed E-state index contributed by atoms with van der Waals surface area (Å²) in [6.45, 7) is 3.41. The van der Waals surface area contributed by atoms with Crippen molar-refractivity contribution in [1.82, 2.24) is 9.97 Å². The fraction of sp³-hybridized carbons (Fsp3) is 0.217. The first-order chi connectivity index (χ1) is 14.9. The van der Waals surface area contributed by atoms with Crippen molar-refractivity contribution in [1.29, 1.82) is 0 Å². The average Bonchev–Trinajstić information content (AvgIpc) is 2.79. The molecule has 0 saturated carbocycles. The lowest BCUT2D eigenvalue weighted by Crippen LogP contribution is -2.13. The molecule has 1 aromatic carbocycles. The van der Waals surface area contributed by atoms with Crippen LogP contribution in [0.15, 0.2) is 42.6 Å². The van der Waals surface area contributed by atoms with E-state index in [1.165, 1.54) is 26.5 Å². The molecular formula is C23H22FN3O4. The first-order valence-electron chi connectivity index (χ1n) is 9.57. The highest BCUT2D eigenvalue weighted by atomic mass is 19.1. The van der Waals surface area contributed by atoms with Gasteiger partial charge in [0.15, 0.2) is 5.78 Å². The second-order valence-corrected chi connectivity index (χ2v) is 6.72. The van der Waals surface area contributed by atoms with E-state index in [4.69, 9.17) is 9.47 Å². The number of nitrogens with zero attached hydrogens (tertiary/aromatic N) is 2. The van der Waals surface area contributed by atoms with E-state index in [1.807, 2.05) is 0 Å². The maximum Gasteiger partial charge on any atom is 0.255 e. The maximum absolute atomic E-state index is 14.3. The molecule has 1 amide bonds. The highest BCUT2D eigenvalue weighted by Crippen LogP contribution is 2.26. The Balaban J connectivity index is 1.91. The molecule has 160 valence electrons. The van der Waals surface area contributed by atoms with Crippen LogP contribution in [0.4, 0.5) is 10.1 Å². The number of hydrogen-bond acceptors (Lipinski definition) is 6. The van der Waals surface area contributed by atoms with Crippen molar-refractivity contribution < 1.29 is 23.5 Å². The van der Waals surface area contributed by atoms with Crippen LogP contribution >= 0.6 is 0 Å². The Hall–Kier alpha value is -3.81. The summed E-state index contributed by atoms with van der Waals surface area (Å²) in [4.78, 5) is 32.7. The molecule has 0 spiro atoms. The van der Waals surface area contributed by atoms with Crippen LogP contribution in [0.25, 0.3) is 11.3 Å². The summed E-state index contributed by atoms with van der Waals surface area (Å²) in [6.07, 6.45) is 1.69. The molecular weight excluding hydrogens is 401 g/mol. The number of benzene rings is 1. The highest BCUT2D eigenvalue weighted by Gasteiger charge is 2.16. The molecule has 0 saturated heterocycles. The summed E-state index contributed by atoms with van der Waals surface area (Å²) in [5.41, 5.74) is 2.15. The van der Waals surface area contributed by atoms with Crippen LogP contribution in [-0.2, 0) is 0 Å². The van der Waals surface area contributed by atoms with Crippen molar-refractivity contribution in [2.75, 3.05) is 19.5 Å². The van der Waals surface area contributed by atoms with Crippen LogP contribution in [0.2, 0.25) is 0 Å². The fourth-order valence-corrected chi connectivity index (χ4v) is 2.99. The number of amides is 1. The zero-order valence-corrected chi connectivity index (χ0v) is 17.7. The third-order valence-electron chi connectivity index (χ3n) is 4.70. The lowest BCUT2D eigenvalue weighted by Gasteiger charge is -2.11. The van der Waals surface area contributed by atoms with Gasteiger partial charge in [0.05, 0.1) is 37.4 Å². The van der Waals surface area contributed by atoms with Crippen LogP contribution in [0.1, 0.15) is 39.8 Å². The van der Waals surface area contributed by atoms with E-state index in [9.17, 15) is 14.0 Å². The van der Waals surface area contributed by atoms with Crippen molar-refractivity contribution in [2.45, 2.75) is 20.3 Å². The standard InChI is InChI=1S/C23H22FN3O4/c1-5-21(28)18-6-7-20(27-22(18)24)19-10-15(12-25-13(19)2)26-23(29)14-8-16(30-3)11-17(9-14)31-4/h6-12H,5H2,1-4H3,(H,26,29). The van der Waals surface area contributed by atoms with Gasteiger partial charge in [-0.15, -0.1) is 0 Å². The molecule has 7 nitrogen and oxygen atoms in total. The summed E-state index contributed by atoms with van der Waals surface area (Å²) >= 11 is 0. The predicted molar refractivity (Wildman–Crippen MR) is 114 cm³/mol. The molecule has 31 heavy (non-hydrogen) atoms. The number of anilines is 1. The number of Topliss-reactive ketones (excluding diaryl/α,β-unsaturated/α-hetero) is 1. The fourth-order valence-electron chi connectivity index (χ4n) is 2.99. The Bertz CT molecular complexity index is 1130. The number of methoxy groups -OCH3 is 2. The van der Waals surface area contributed by atoms with Crippen molar-refractivity contribution in [3.8, 4) is 22.8 Å². The van der Waals surface area contributed by atoms with Gasteiger partial charge in [-0.05, 0) is 37.3 Å². The number of ether oxygens (including phenoxy) is 2. The van der Waals surface area contributed by atoms with Crippen molar-refractivity contribution in [3.63, 3.8) is 0 Å². The minimum Gasteiger partial charge on any atom is -0.497 e. The molecule has 2 aromatic heterocycles. The topological polar surface area (TPSA) is 90.4 Å². The van der Waals surface area contributed by atoms with Gasteiger partial charge < -0.3 is 14.8 Å². The van der Waals surface area contributed by atoms with Gasteiger partial charge in [-0.1, -0.05) is 6.92 Å². The number of aromatic nitrogens is 2. The molecule has 3 rings (SSSR count). The quantitative estimate of drug-likeness (QED) is 0.446. The Morgan fingerprint density at radius 2 is 1.74 bits per heavy atom. The summed E-state index contributed by atoms with van der Waals surface area (Å²) in [5.74, 6) is -0.582. The first-order valence-corrected chi connectivity index (χ1v) is 9.57. The van der Waals surface area contributed by atoms with Crippen LogP contribution in [-0.4, -0.2) is 35.9 Å². The van der Waals surface area contributed by atoms with E-state index in [1.54, 1.807) is 44.2 Å². The van der Waals surface area contributed by atoms with Gasteiger partial charge in [-0.2, -0.15) is 4.39 Å². The minimum absolute atomic E-state index is 0.0479. The summed E-state index contributed by atoms with van der Waals surface area (Å²) < 4.78 is 24.7. The number of ketones is 1. The summed E-state index contributed by atoms with van der Waals surface area (Å²) in [5, 5.41) is 2.76. The minimum atomic E-state index is -0.832. The van der Waals surface area contributed by atoms with E-state index < -0.39 is 11.9 Å². The molecule has 0 atom stereocenters. The van der Waals surface area contributed by atoms with Gasteiger partial charge in [-0.25, -0.2) is 4.98 Å². The van der Waals surface area contributed by atoms with Crippen LogP contribution < -0.4 is 14.8 Å². The van der Waals surface area contributed by atoms with Crippen LogP contribution in [0.5, 0.6) is 11.5 Å². The van der Waals surface area contributed by atoms with Crippen molar-refractivity contribution >= 4 is 17.4 Å². The van der Waals surface area contributed by atoms with E-state index in [2.05, 4.69) is 15.3 Å². The molecule has 0 aliphatic rings. The average molecular weight is 423 g/mol. The molecule has 0 radical (unpaired) electrons. The lowest BCUT2D eigenvalue weighted by atomic mass is 10.1. The number of pyridine rings is 2. The van der Waals surface area contributed by atoms with Gasteiger partial charge >= 0.3 is 0 Å². The zero-order chi connectivity index (χ0) is 22.5. The monoisotopic (exact) mass is 423 g/mol. The predicted octanol–water partition coefficient (Wildman–Crippen LogP) is 4.45. The number of hydrogen-bond donors (Lipinski definition) is 1. The highest BCUT2D eigenvalue weighted by molar-refractivity contribution is 6.05. The van der Waals surface area contributed by atoms with Gasteiger partial charge in [0.1, 0.15) is 11.5 Å². The number of carbonyl (C=O) groups excluding carboxylic acids is 2. The SMILES string of the molecule is CCC(=O)c1ccc(-c2cc(NC(=O)c3cc(OC)cc(OC)c3)cnc2C)nc1F. The first kappa shape index (κ1) is 21.9. The Kier molecular flexibility index (Phi) is 6.59. The molecule has 2 heterocycles. The molecule has 0 unspecified atom stereocenters. The molecule has 0 fully saturated rings. The number of aryl methyl sites for hydroxylation is 1. The van der Waals surface area contributed by atoms with Crippen molar-refractivity contribution in [3.05, 3.63) is 65.4 Å². The third-order valence-corrected chi connectivity index (χ3v) is 4.70. The molecule has 1 N–H and O–H groups in total. The summed E-state index contributed by atoms with van der Waals surface area (Å²) in [6, 6.07) is 9.46. The molecule has 0 aliphatic heterocycles. The van der Waals surface area contributed by atoms with E-state index >= 15 is 0 Å². The second kappa shape index (κ2) is 9.34. The van der Waals surface area contributed by atoms with Gasteiger partial charge in [0.2, 0.25) is 5.95 Å². The Morgan fingerprint density at radius 3 is 2.32 bits per heavy atom. The third kappa shape index (κ3) is 4.85. The molecule has 0 bridgehead atoms. The zero-order valence-electron chi connectivity index (χ0n) is 17.7. The van der Waals surface area contributed by atoms with Crippen molar-refractivity contribution in [2.24, 2.45) is 0 Å². The van der Waals surface area contributed by atoms with Gasteiger partial charge in [0.25, 0.3) is 5.91 Å². The van der Waals surface area contributed by atoms with Gasteiger partial charge in [-0.3, -0.25) is 14.6 Å². The Labute approximate surface area is 179 Å².